The highest BCUT2D eigenvalue weighted by Crippen LogP contribution is 2.46. The highest BCUT2D eigenvalue weighted by Gasteiger charge is 2.38. The van der Waals surface area contributed by atoms with Crippen LogP contribution >= 0.6 is 11.6 Å². The van der Waals surface area contributed by atoms with Gasteiger partial charge in [0.25, 0.3) is 0 Å². The van der Waals surface area contributed by atoms with Crippen LogP contribution in [0.15, 0.2) is 30.3 Å². The molecule has 1 aliphatic heterocycles. The fourth-order valence-corrected chi connectivity index (χ4v) is 3.41. The second-order valence-corrected chi connectivity index (χ2v) is 5.94. The summed E-state index contributed by atoms with van der Waals surface area (Å²) in [6.45, 7) is 0.104. The highest BCUT2D eigenvalue weighted by atomic mass is 35.5. The van der Waals surface area contributed by atoms with Gasteiger partial charge in [-0.15, -0.1) is 0 Å². The van der Waals surface area contributed by atoms with Gasteiger partial charge in [0, 0.05) is 17.5 Å². The number of hydrogen-bond donors (Lipinski definition) is 1. The Morgan fingerprint density at radius 2 is 1.96 bits per heavy atom. The van der Waals surface area contributed by atoms with Crippen LogP contribution in [0.5, 0.6) is 5.75 Å². The van der Waals surface area contributed by atoms with Crippen molar-refractivity contribution in [2.24, 2.45) is 0 Å². The van der Waals surface area contributed by atoms with Gasteiger partial charge in [-0.05, 0) is 30.2 Å². The predicted octanol–water partition coefficient (Wildman–Crippen LogP) is 5.11. The Labute approximate surface area is 144 Å². The maximum atomic E-state index is 13.4. The standard InChI is InChI=1S/C17H11ClF4O3/c18-15-12(17(20,21)22)4-3-11(16(23)24)14(15)10-5-6-25-13-7-8(19)1-2-9(10)13/h1-4,7,10H,5-6H2,(H,23,24). The second-order valence-electron chi connectivity index (χ2n) is 5.56. The Bertz CT molecular complexity index is 849. The number of carboxylic acid groups (broad SMARTS) is 1. The van der Waals surface area contributed by atoms with E-state index in [0.29, 0.717) is 11.6 Å². The summed E-state index contributed by atoms with van der Waals surface area (Å²) >= 11 is 5.98. The van der Waals surface area contributed by atoms with Gasteiger partial charge >= 0.3 is 12.1 Å². The lowest BCUT2D eigenvalue weighted by Crippen LogP contribution is -2.20. The van der Waals surface area contributed by atoms with Crippen LogP contribution in [0.4, 0.5) is 17.6 Å². The lowest BCUT2D eigenvalue weighted by molar-refractivity contribution is -0.137. The first kappa shape index (κ1) is 17.5. The first-order valence-electron chi connectivity index (χ1n) is 7.25. The molecule has 8 heteroatoms. The molecule has 1 aliphatic rings. The molecular weight excluding hydrogens is 364 g/mol. The zero-order chi connectivity index (χ0) is 18.4. The van der Waals surface area contributed by atoms with Crippen molar-refractivity contribution in [3.63, 3.8) is 0 Å². The molecule has 3 rings (SSSR count). The third-order valence-electron chi connectivity index (χ3n) is 4.08. The van der Waals surface area contributed by atoms with Crippen molar-refractivity contribution < 1.29 is 32.2 Å². The Kier molecular flexibility index (Phi) is 4.36. The average Bonchev–Trinajstić information content (AvgIpc) is 2.52. The summed E-state index contributed by atoms with van der Waals surface area (Å²) in [5, 5.41) is 8.72. The van der Waals surface area contributed by atoms with Crippen molar-refractivity contribution in [3.8, 4) is 5.75 Å². The number of halogens is 5. The van der Waals surface area contributed by atoms with Gasteiger partial charge in [0.15, 0.2) is 0 Å². The SMILES string of the molecule is O=C(O)c1ccc(C(F)(F)F)c(Cl)c1C1CCOc2cc(F)ccc21. The van der Waals surface area contributed by atoms with Crippen molar-refractivity contribution in [2.45, 2.75) is 18.5 Å². The second kappa shape index (κ2) is 6.22. The lowest BCUT2D eigenvalue weighted by atomic mass is 9.83. The number of hydrogen-bond acceptors (Lipinski definition) is 2. The minimum Gasteiger partial charge on any atom is -0.493 e. The first-order valence-corrected chi connectivity index (χ1v) is 7.63. The third kappa shape index (κ3) is 3.16. The van der Waals surface area contributed by atoms with E-state index in [-0.39, 0.29) is 29.9 Å². The van der Waals surface area contributed by atoms with Gasteiger partial charge in [-0.3, -0.25) is 0 Å². The van der Waals surface area contributed by atoms with E-state index in [0.717, 1.165) is 18.2 Å². The smallest absolute Gasteiger partial charge is 0.417 e. The van der Waals surface area contributed by atoms with Gasteiger partial charge in [0.05, 0.1) is 22.8 Å². The fraction of sp³-hybridized carbons (Fsp3) is 0.235. The molecule has 1 N–H and O–H groups in total. The van der Waals surface area contributed by atoms with Crippen LogP contribution in [0.25, 0.3) is 0 Å². The molecule has 0 bridgehead atoms. The maximum absolute atomic E-state index is 13.4. The molecule has 0 fully saturated rings. The minimum atomic E-state index is -4.72. The molecule has 0 aliphatic carbocycles. The topological polar surface area (TPSA) is 46.5 Å². The van der Waals surface area contributed by atoms with Crippen molar-refractivity contribution >= 4 is 17.6 Å². The number of aromatic carboxylic acids is 1. The molecule has 0 aromatic heterocycles. The molecular formula is C17H11ClF4O3. The number of carbonyl (C=O) groups is 1. The molecule has 2 aromatic rings. The quantitative estimate of drug-likeness (QED) is 0.743. The van der Waals surface area contributed by atoms with Gasteiger partial charge in [-0.25, -0.2) is 9.18 Å². The molecule has 3 nitrogen and oxygen atoms in total. The maximum Gasteiger partial charge on any atom is 0.417 e. The molecule has 25 heavy (non-hydrogen) atoms. The molecule has 1 unspecified atom stereocenters. The van der Waals surface area contributed by atoms with Crippen molar-refractivity contribution in [2.75, 3.05) is 6.61 Å². The lowest BCUT2D eigenvalue weighted by Gasteiger charge is -2.28. The van der Waals surface area contributed by atoms with Crippen LogP contribution in [0.2, 0.25) is 5.02 Å². The molecule has 1 atom stereocenters. The minimum absolute atomic E-state index is 0.104. The van der Waals surface area contributed by atoms with Gasteiger partial charge in [-0.2, -0.15) is 13.2 Å². The van der Waals surface area contributed by atoms with Crippen LogP contribution in [-0.4, -0.2) is 17.7 Å². The summed E-state index contributed by atoms with van der Waals surface area (Å²) < 4.78 is 58.2. The van der Waals surface area contributed by atoms with Gasteiger partial charge in [0.1, 0.15) is 11.6 Å². The zero-order valence-corrected chi connectivity index (χ0v) is 13.3. The van der Waals surface area contributed by atoms with Crippen molar-refractivity contribution in [1.82, 2.24) is 0 Å². The predicted molar refractivity (Wildman–Crippen MR) is 81.8 cm³/mol. The number of carboxylic acids is 1. The molecule has 132 valence electrons. The third-order valence-corrected chi connectivity index (χ3v) is 4.49. The van der Waals surface area contributed by atoms with E-state index >= 15 is 0 Å². The summed E-state index contributed by atoms with van der Waals surface area (Å²) in [6, 6.07) is 5.17. The van der Waals surface area contributed by atoms with Crippen LogP contribution in [0.3, 0.4) is 0 Å². The Hall–Kier alpha value is -2.28. The molecule has 1 heterocycles. The van der Waals surface area contributed by atoms with Crippen LogP contribution in [-0.2, 0) is 6.18 Å². The number of rotatable bonds is 2. The number of fused-ring (bicyclic) bond motifs is 1. The summed E-state index contributed by atoms with van der Waals surface area (Å²) in [5.74, 6) is -2.53. The number of alkyl halides is 3. The molecule has 0 saturated heterocycles. The van der Waals surface area contributed by atoms with E-state index in [1.54, 1.807) is 0 Å². The largest absolute Gasteiger partial charge is 0.493 e. The molecule has 0 spiro atoms. The fourth-order valence-electron chi connectivity index (χ4n) is 3.00. The van der Waals surface area contributed by atoms with Crippen molar-refractivity contribution in [1.29, 1.82) is 0 Å². The molecule has 0 radical (unpaired) electrons. The number of ether oxygens (including phenoxy) is 1. The van der Waals surface area contributed by atoms with Gasteiger partial charge in [-0.1, -0.05) is 17.7 Å². The van der Waals surface area contributed by atoms with E-state index in [9.17, 15) is 27.5 Å². The summed E-state index contributed by atoms with van der Waals surface area (Å²) in [7, 11) is 0. The number of benzene rings is 2. The summed E-state index contributed by atoms with van der Waals surface area (Å²) in [6.07, 6.45) is -4.50. The first-order chi connectivity index (χ1) is 11.7. The molecule has 0 saturated carbocycles. The Balaban J connectivity index is 2.25. The summed E-state index contributed by atoms with van der Waals surface area (Å²) in [5.41, 5.74) is -1.17. The van der Waals surface area contributed by atoms with E-state index in [2.05, 4.69) is 0 Å². The highest BCUT2D eigenvalue weighted by molar-refractivity contribution is 6.32. The Morgan fingerprint density at radius 1 is 1.24 bits per heavy atom. The molecule has 2 aromatic carbocycles. The van der Waals surface area contributed by atoms with Crippen LogP contribution in [0, 0.1) is 5.82 Å². The van der Waals surface area contributed by atoms with E-state index in [4.69, 9.17) is 16.3 Å². The normalized spacial score (nSPS) is 16.9. The van der Waals surface area contributed by atoms with E-state index < -0.39 is 34.5 Å². The van der Waals surface area contributed by atoms with Gasteiger partial charge < -0.3 is 9.84 Å². The van der Waals surface area contributed by atoms with E-state index in [1.807, 2.05) is 0 Å². The molecule has 0 amide bonds. The Morgan fingerprint density at radius 3 is 2.60 bits per heavy atom. The monoisotopic (exact) mass is 374 g/mol. The summed E-state index contributed by atoms with van der Waals surface area (Å²) in [4.78, 5) is 11.5. The average molecular weight is 375 g/mol. The van der Waals surface area contributed by atoms with E-state index in [1.165, 1.54) is 6.07 Å². The van der Waals surface area contributed by atoms with Crippen LogP contribution in [0.1, 0.15) is 39.4 Å². The van der Waals surface area contributed by atoms with Crippen LogP contribution < -0.4 is 4.74 Å². The van der Waals surface area contributed by atoms with Gasteiger partial charge in [0.2, 0.25) is 0 Å². The zero-order valence-electron chi connectivity index (χ0n) is 12.5. The van der Waals surface area contributed by atoms with Crippen molar-refractivity contribution in [3.05, 3.63) is 63.4 Å².